The van der Waals surface area contributed by atoms with E-state index in [9.17, 15) is 0 Å². The van der Waals surface area contributed by atoms with Gasteiger partial charge in [-0.3, -0.25) is 0 Å². The Morgan fingerprint density at radius 1 is 0.344 bits per heavy atom. The molecule has 0 saturated carbocycles. The summed E-state index contributed by atoms with van der Waals surface area (Å²) in [5.41, 5.74) is 4.45. The fourth-order valence-electron chi connectivity index (χ4n) is 7.11. The monoisotopic (exact) mass is 879 g/mol. The van der Waals surface area contributed by atoms with Crippen LogP contribution < -0.4 is 4.90 Å². The highest BCUT2D eigenvalue weighted by molar-refractivity contribution is 6.25. The number of para-hydroxylation sites is 1. The molecule has 0 N–H and O–H groups in total. The fourth-order valence-corrected chi connectivity index (χ4v) is 7.11. The minimum absolute atomic E-state index is 0.499. The lowest BCUT2D eigenvalue weighted by Gasteiger charge is -2.28. The lowest BCUT2D eigenvalue weighted by Crippen LogP contribution is -2.15. The third-order valence-electron chi connectivity index (χ3n) is 10.2. The number of hydrogen-bond acceptors (Lipinski definition) is 12. The Morgan fingerprint density at radius 2 is 0.734 bits per heavy atom. The zero-order valence-electron chi connectivity index (χ0n) is 37.2. The predicted octanol–water partition coefficient (Wildman–Crippen LogP) is 8.92. The third-order valence-corrected chi connectivity index (χ3v) is 10.2. The minimum atomic E-state index is 0.499. The summed E-state index contributed by atoms with van der Waals surface area (Å²) in [5.74, 6) is 0. The van der Waals surface area contributed by atoms with Crippen LogP contribution >= 0.6 is 0 Å². The molecule has 64 heavy (non-hydrogen) atoms. The maximum Gasteiger partial charge on any atom is 0.0718 e. The van der Waals surface area contributed by atoms with E-state index in [0.29, 0.717) is 145 Å². The van der Waals surface area contributed by atoms with Crippen molar-refractivity contribution < 1.29 is 52.1 Å². The van der Waals surface area contributed by atoms with Gasteiger partial charge in [0, 0.05) is 16.8 Å². The molecule has 0 aliphatic heterocycles. The standard InChI is InChI=1S/C52H65NO11/c1-2-21-54-22-23-55-24-25-56-26-27-57-28-29-58-30-31-59-32-33-60-34-35-61-36-37-62-38-39-63-40-41-64-42-43-11-17-48(18-12-43)53(47-9-4-3-5-10-47)50-20-16-46-14-13-44-7-6-8-45-15-19-49(50)52(46)51(44)45/h2-20H,1,21-42H2. The van der Waals surface area contributed by atoms with Crippen LogP contribution in [-0.4, -0.2) is 139 Å². The Balaban J connectivity index is 0.730. The first-order chi connectivity index (χ1) is 31.8. The highest BCUT2D eigenvalue weighted by Crippen LogP contribution is 2.43. The quantitative estimate of drug-likeness (QED) is 0.0212. The Morgan fingerprint density at radius 3 is 1.20 bits per heavy atom. The number of benzene rings is 6. The van der Waals surface area contributed by atoms with Crippen LogP contribution in [0.25, 0.3) is 32.3 Å². The van der Waals surface area contributed by atoms with E-state index in [1.54, 1.807) is 6.08 Å². The molecule has 0 amide bonds. The minimum Gasteiger partial charge on any atom is -0.377 e. The summed E-state index contributed by atoms with van der Waals surface area (Å²) in [6, 6.07) is 39.2. The molecule has 6 aromatic carbocycles. The van der Waals surface area contributed by atoms with Gasteiger partial charge >= 0.3 is 0 Å². The van der Waals surface area contributed by atoms with Crippen LogP contribution in [0.1, 0.15) is 5.56 Å². The van der Waals surface area contributed by atoms with Crippen molar-refractivity contribution in [2.45, 2.75) is 6.61 Å². The maximum atomic E-state index is 5.94. The molecule has 0 radical (unpaired) electrons. The lowest BCUT2D eigenvalue weighted by atomic mass is 9.93. The first kappa shape index (κ1) is 48.9. The first-order valence-corrected chi connectivity index (χ1v) is 22.4. The molecule has 0 heterocycles. The normalized spacial score (nSPS) is 11.7. The molecule has 0 aliphatic rings. The Hall–Kier alpha value is -4.54. The van der Waals surface area contributed by atoms with Crippen LogP contribution in [0.5, 0.6) is 0 Å². The highest BCUT2D eigenvalue weighted by atomic mass is 16.6. The summed E-state index contributed by atoms with van der Waals surface area (Å²) < 4.78 is 61.0. The second-order valence-electron chi connectivity index (χ2n) is 14.7. The van der Waals surface area contributed by atoms with E-state index in [4.69, 9.17) is 52.1 Å². The Bertz CT molecular complexity index is 2120. The number of hydrogen-bond donors (Lipinski definition) is 0. The molecule has 0 atom stereocenters. The van der Waals surface area contributed by atoms with Crippen molar-refractivity contribution >= 4 is 49.4 Å². The van der Waals surface area contributed by atoms with Gasteiger partial charge in [0.25, 0.3) is 0 Å². The SMILES string of the molecule is C=CCOCCOCCOCCOCCOCCOCCOCCOCCOCCOCCOCc1ccc(N(c2ccccc2)c2ccc3ccc4cccc5ccc2c3c45)cc1. The number of nitrogens with zero attached hydrogens (tertiary/aromatic N) is 1. The molecule has 0 unspecified atom stereocenters. The largest absolute Gasteiger partial charge is 0.377 e. The van der Waals surface area contributed by atoms with Crippen LogP contribution in [0.3, 0.4) is 0 Å². The van der Waals surface area contributed by atoms with Crippen molar-refractivity contribution in [3.05, 3.63) is 127 Å². The van der Waals surface area contributed by atoms with E-state index in [2.05, 4.69) is 121 Å². The van der Waals surface area contributed by atoms with Crippen molar-refractivity contribution in [3.8, 4) is 0 Å². The molecule has 0 fully saturated rings. The predicted molar refractivity (Wildman–Crippen MR) is 253 cm³/mol. The van der Waals surface area contributed by atoms with Crippen molar-refractivity contribution in [1.82, 2.24) is 0 Å². The summed E-state index contributed by atoms with van der Waals surface area (Å²) in [4.78, 5) is 2.34. The van der Waals surface area contributed by atoms with Gasteiger partial charge in [0.15, 0.2) is 0 Å². The van der Waals surface area contributed by atoms with E-state index in [0.717, 1.165) is 22.6 Å². The molecule has 12 heteroatoms. The van der Waals surface area contributed by atoms with Gasteiger partial charge in [0.05, 0.1) is 151 Å². The van der Waals surface area contributed by atoms with Crippen molar-refractivity contribution in [2.75, 3.05) is 144 Å². The maximum absolute atomic E-state index is 5.94. The van der Waals surface area contributed by atoms with Gasteiger partial charge in [-0.2, -0.15) is 0 Å². The zero-order chi connectivity index (χ0) is 44.1. The smallest absolute Gasteiger partial charge is 0.0718 e. The topological polar surface area (TPSA) is 105 Å². The van der Waals surface area contributed by atoms with E-state index >= 15 is 0 Å². The van der Waals surface area contributed by atoms with Crippen molar-refractivity contribution in [2.24, 2.45) is 0 Å². The third kappa shape index (κ3) is 16.5. The zero-order valence-corrected chi connectivity index (χ0v) is 37.2. The lowest BCUT2D eigenvalue weighted by molar-refractivity contribution is -0.0275. The number of ether oxygens (including phenoxy) is 11. The second-order valence-corrected chi connectivity index (χ2v) is 14.7. The molecule has 0 saturated heterocycles. The van der Waals surface area contributed by atoms with Gasteiger partial charge in [0.1, 0.15) is 0 Å². The van der Waals surface area contributed by atoms with Crippen LogP contribution in [0.15, 0.2) is 122 Å². The van der Waals surface area contributed by atoms with Gasteiger partial charge in [-0.1, -0.05) is 84.9 Å². The Labute approximate surface area is 378 Å². The summed E-state index contributed by atoms with van der Waals surface area (Å²) in [7, 11) is 0. The molecular formula is C52H65NO11. The molecule has 12 nitrogen and oxygen atoms in total. The van der Waals surface area contributed by atoms with Gasteiger partial charge in [0.2, 0.25) is 0 Å². The Kier molecular flexibility index (Phi) is 22.8. The van der Waals surface area contributed by atoms with Crippen molar-refractivity contribution in [3.63, 3.8) is 0 Å². The van der Waals surface area contributed by atoms with E-state index in [1.165, 1.54) is 32.3 Å². The van der Waals surface area contributed by atoms with Crippen LogP contribution in [0, 0.1) is 0 Å². The van der Waals surface area contributed by atoms with Gasteiger partial charge in [-0.05, 0) is 62.8 Å². The van der Waals surface area contributed by atoms with Crippen molar-refractivity contribution in [1.29, 1.82) is 0 Å². The molecular weight excluding hydrogens is 815 g/mol. The fraction of sp³-hybridized carbons (Fsp3) is 0.423. The number of rotatable bonds is 37. The highest BCUT2D eigenvalue weighted by Gasteiger charge is 2.18. The van der Waals surface area contributed by atoms with E-state index < -0.39 is 0 Å². The van der Waals surface area contributed by atoms with E-state index in [1.807, 2.05) is 0 Å². The molecule has 344 valence electrons. The molecule has 0 aliphatic carbocycles. The first-order valence-electron chi connectivity index (χ1n) is 22.4. The average Bonchev–Trinajstić information content (AvgIpc) is 3.33. The van der Waals surface area contributed by atoms with Gasteiger partial charge in [-0.25, -0.2) is 0 Å². The van der Waals surface area contributed by atoms with Gasteiger partial charge < -0.3 is 57.0 Å². The summed E-state index contributed by atoms with van der Waals surface area (Å²) in [5, 5.41) is 7.62. The number of anilines is 3. The van der Waals surface area contributed by atoms with Crippen LogP contribution in [0.4, 0.5) is 17.1 Å². The molecule has 6 aromatic rings. The molecule has 0 aromatic heterocycles. The summed E-state index contributed by atoms with van der Waals surface area (Å²) in [6.45, 7) is 14.9. The van der Waals surface area contributed by atoms with Crippen LogP contribution in [0.2, 0.25) is 0 Å². The second kappa shape index (κ2) is 29.8. The molecule has 6 rings (SSSR count). The molecule has 0 spiro atoms. The summed E-state index contributed by atoms with van der Waals surface area (Å²) >= 11 is 0. The summed E-state index contributed by atoms with van der Waals surface area (Å²) in [6.07, 6.45) is 1.71. The average molecular weight is 880 g/mol. The van der Waals surface area contributed by atoms with E-state index in [-0.39, 0.29) is 0 Å². The van der Waals surface area contributed by atoms with Crippen LogP contribution in [-0.2, 0) is 58.7 Å². The van der Waals surface area contributed by atoms with Gasteiger partial charge in [-0.15, -0.1) is 6.58 Å². The molecule has 0 bridgehead atoms.